The van der Waals surface area contributed by atoms with E-state index in [0.717, 1.165) is 6.54 Å². The molecule has 0 radical (unpaired) electrons. The van der Waals surface area contributed by atoms with E-state index in [1.54, 1.807) is 6.08 Å². The van der Waals surface area contributed by atoms with Crippen LogP contribution in [-0.4, -0.2) is 13.2 Å². The molecule has 0 amide bonds. The van der Waals surface area contributed by atoms with E-state index in [9.17, 15) is 0 Å². The number of unbranched alkanes of at least 4 members (excludes halogenated alkanes) is 1. The van der Waals surface area contributed by atoms with Gasteiger partial charge in [-0.25, -0.2) is 5.48 Å². The highest BCUT2D eigenvalue weighted by molar-refractivity contribution is 4.63. The van der Waals surface area contributed by atoms with Gasteiger partial charge in [0.1, 0.15) is 0 Å². The molecular formula is C10H21NO. The van der Waals surface area contributed by atoms with E-state index in [2.05, 4.69) is 25.9 Å². The maximum absolute atomic E-state index is 5.07. The average Bonchev–Trinajstić information content (AvgIpc) is 2.09. The van der Waals surface area contributed by atoms with E-state index in [-0.39, 0.29) is 0 Å². The van der Waals surface area contributed by atoms with Gasteiger partial charge < -0.3 is 0 Å². The molecule has 0 fully saturated rings. The molecule has 0 aliphatic carbocycles. The Bertz CT molecular complexity index is 104. The monoisotopic (exact) mass is 171 g/mol. The van der Waals surface area contributed by atoms with Crippen LogP contribution in [0.5, 0.6) is 0 Å². The first-order chi connectivity index (χ1) is 5.81. The quantitative estimate of drug-likeness (QED) is 0.344. The lowest BCUT2D eigenvalue weighted by molar-refractivity contribution is 0.0531. The van der Waals surface area contributed by atoms with E-state index in [1.165, 1.54) is 19.3 Å². The van der Waals surface area contributed by atoms with E-state index in [0.29, 0.717) is 12.5 Å². The van der Waals surface area contributed by atoms with Crippen LogP contribution >= 0.6 is 0 Å². The smallest absolute Gasteiger partial charge is 0.0861 e. The predicted molar refractivity (Wildman–Crippen MR) is 52.8 cm³/mol. The van der Waals surface area contributed by atoms with Gasteiger partial charge in [0, 0.05) is 6.54 Å². The fourth-order valence-corrected chi connectivity index (χ4v) is 0.974. The highest BCUT2D eigenvalue weighted by Crippen LogP contribution is 2.05. The van der Waals surface area contributed by atoms with Crippen molar-refractivity contribution in [1.82, 2.24) is 5.48 Å². The molecule has 0 heterocycles. The van der Waals surface area contributed by atoms with Crippen molar-refractivity contribution in [3.8, 4) is 0 Å². The summed E-state index contributed by atoms with van der Waals surface area (Å²) >= 11 is 0. The van der Waals surface area contributed by atoms with Crippen molar-refractivity contribution >= 4 is 0 Å². The van der Waals surface area contributed by atoms with Gasteiger partial charge in [-0.2, -0.15) is 0 Å². The summed E-state index contributed by atoms with van der Waals surface area (Å²) in [6.07, 6.45) is 5.60. The van der Waals surface area contributed by atoms with Gasteiger partial charge in [0.15, 0.2) is 0 Å². The maximum atomic E-state index is 5.07. The van der Waals surface area contributed by atoms with Gasteiger partial charge in [0.05, 0.1) is 6.61 Å². The molecule has 72 valence electrons. The molecule has 0 aromatic carbocycles. The van der Waals surface area contributed by atoms with E-state index in [1.807, 2.05) is 0 Å². The summed E-state index contributed by atoms with van der Waals surface area (Å²) in [6, 6.07) is 0. The summed E-state index contributed by atoms with van der Waals surface area (Å²) in [7, 11) is 0. The number of hydrogen-bond acceptors (Lipinski definition) is 2. The van der Waals surface area contributed by atoms with Crippen LogP contribution in [-0.2, 0) is 4.84 Å². The fraction of sp³-hybridized carbons (Fsp3) is 0.800. The standard InChI is InChI=1S/C10H21NO/c1-4-6-7-10(3)9-11-12-8-5-2/h5,10-11H,2,4,6-9H2,1,3H3. The van der Waals surface area contributed by atoms with Gasteiger partial charge in [-0.1, -0.05) is 32.8 Å². The van der Waals surface area contributed by atoms with Crippen LogP contribution in [0.25, 0.3) is 0 Å². The average molecular weight is 171 g/mol. The van der Waals surface area contributed by atoms with Crippen molar-refractivity contribution in [2.45, 2.75) is 33.1 Å². The molecule has 1 N–H and O–H groups in total. The van der Waals surface area contributed by atoms with Crippen molar-refractivity contribution in [3.05, 3.63) is 12.7 Å². The molecule has 0 saturated carbocycles. The third kappa shape index (κ3) is 7.76. The zero-order chi connectivity index (χ0) is 9.23. The predicted octanol–water partition coefficient (Wildman–Crippen LogP) is 2.52. The van der Waals surface area contributed by atoms with Crippen LogP contribution in [0.2, 0.25) is 0 Å². The Kier molecular flexibility index (Phi) is 8.51. The Morgan fingerprint density at radius 3 is 2.92 bits per heavy atom. The second kappa shape index (κ2) is 8.75. The third-order valence-electron chi connectivity index (χ3n) is 1.79. The Hall–Kier alpha value is -0.340. The molecule has 0 aromatic rings. The third-order valence-corrected chi connectivity index (χ3v) is 1.79. The lowest BCUT2D eigenvalue weighted by atomic mass is 10.1. The SMILES string of the molecule is C=CCONCC(C)CCCC. The number of hydrogen-bond donors (Lipinski definition) is 1. The summed E-state index contributed by atoms with van der Waals surface area (Å²) in [5, 5.41) is 0. The zero-order valence-electron chi connectivity index (χ0n) is 8.31. The van der Waals surface area contributed by atoms with E-state index >= 15 is 0 Å². The molecule has 0 spiro atoms. The first kappa shape index (κ1) is 11.7. The second-order valence-electron chi connectivity index (χ2n) is 3.20. The molecule has 1 atom stereocenters. The van der Waals surface area contributed by atoms with Crippen molar-refractivity contribution < 1.29 is 4.84 Å². The Morgan fingerprint density at radius 2 is 2.33 bits per heavy atom. The number of rotatable bonds is 8. The summed E-state index contributed by atoms with van der Waals surface area (Å²) in [4.78, 5) is 5.07. The van der Waals surface area contributed by atoms with Gasteiger partial charge in [-0.05, 0) is 12.3 Å². The van der Waals surface area contributed by atoms with Gasteiger partial charge >= 0.3 is 0 Å². The minimum Gasteiger partial charge on any atom is -0.298 e. The molecule has 0 rings (SSSR count). The summed E-state index contributed by atoms with van der Waals surface area (Å²) in [5.74, 6) is 0.703. The van der Waals surface area contributed by atoms with Crippen molar-refractivity contribution in [2.24, 2.45) is 5.92 Å². The van der Waals surface area contributed by atoms with Gasteiger partial charge in [-0.15, -0.1) is 6.58 Å². The zero-order valence-corrected chi connectivity index (χ0v) is 8.31. The van der Waals surface area contributed by atoms with Crippen LogP contribution in [0.15, 0.2) is 12.7 Å². The first-order valence-corrected chi connectivity index (χ1v) is 4.76. The van der Waals surface area contributed by atoms with Crippen molar-refractivity contribution in [1.29, 1.82) is 0 Å². The molecule has 0 aliphatic rings. The molecule has 0 bridgehead atoms. The number of hydroxylamine groups is 1. The molecular weight excluding hydrogens is 150 g/mol. The normalized spacial score (nSPS) is 12.8. The van der Waals surface area contributed by atoms with Crippen LogP contribution in [0.3, 0.4) is 0 Å². The molecule has 12 heavy (non-hydrogen) atoms. The van der Waals surface area contributed by atoms with Gasteiger partial charge in [0.2, 0.25) is 0 Å². The first-order valence-electron chi connectivity index (χ1n) is 4.76. The van der Waals surface area contributed by atoms with Crippen LogP contribution in [0, 0.1) is 5.92 Å². The van der Waals surface area contributed by atoms with E-state index in [4.69, 9.17) is 4.84 Å². The van der Waals surface area contributed by atoms with Crippen LogP contribution in [0.4, 0.5) is 0 Å². The highest BCUT2D eigenvalue weighted by Gasteiger charge is 1.99. The van der Waals surface area contributed by atoms with Crippen LogP contribution < -0.4 is 5.48 Å². The molecule has 1 unspecified atom stereocenters. The van der Waals surface area contributed by atoms with Gasteiger partial charge in [0.25, 0.3) is 0 Å². The Balaban J connectivity index is 3.07. The maximum Gasteiger partial charge on any atom is 0.0861 e. The molecule has 2 nitrogen and oxygen atoms in total. The highest BCUT2D eigenvalue weighted by atomic mass is 16.6. The fourth-order valence-electron chi connectivity index (χ4n) is 0.974. The van der Waals surface area contributed by atoms with E-state index < -0.39 is 0 Å². The molecule has 0 aromatic heterocycles. The summed E-state index contributed by atoms with van der Waals surface area (Å²) in [6.45, 7) is 9.54. The van der Waals surface area contributed by atoms with Gasteiger partial charge in [-0.3, -0.25) is 4.84 Å². The topological polar surface area (TPSA) is 21.3 Å². The lowest BCUT2D eigenvalue weighted by Gasteiger charge is -2.10. The summed E-state index contributed by atoms with van der Waals surface area (Å²) < 4.78 is 0. The lowest BCUT2D eigenvalue weighted by Crippen LogP contribution is -2.21. The molecule has 0 saturated heterocycles. The Morgan fingerprint density at radius 1 is 1.58 bits per heavy atom. The Labute approximate surface area is 76.0 Å². The van der Waals surface area contributed by atoms with Crippen molar-refractivity contribution in [2.75, 3.05) is 13.2 Å². The molecule has 2 heteroatoms. The summed E-state index contributed by atoms with van der Waals surface area (Å²) in [5.41, 5.74) is 2.92. The minimum atomic E-state index is 0.584. The largest absolute Gasteiger partial charge is 0.298 e. The molecule has 0 aliphatic heterocycles. The van der Waals surface area contributed by atoms with Crippen LogP contribution in [0.1, 0.15) is 33.1 Å². The minimum absolute atomic E-state index is 0.584. The van der Waals surface area contributed by atoms with Crippen molar-refractivity contribution in [3.63, 3.8) is 0 Å². The number of nitrogens with one attached hydrogen (secondary N) is 1. The second-order valence-corrected chi connectivity index (χ2v) is 3.20.